The van der Waals surface area contributed by atoms with Crippen LogP contribution in [0.4, 0.5) is 4.39 Å². The summed E-state index contributed by atoms with van der Waals surface area (Å²) in [7, 11) is 1.74. The minimum atomic E-state index is -0.519. The van der Waals surface area contributed by atoms with Crippen molar-refractivity contribution < 1.29 is 14.3 Å². The first-order valence-electron chi connectivity index (χ1n) is 6.66. The highest BCUT2D eigenvalue weighted by Crippen LogP contribution is 2.17. The summed E-state index contributed by atoms with van der Waals surface area (Å²) in [4.78, 5) is 13.6. The Kier molecular flexibility index (Phi) is 7.19. The molecule has 0 aliphatic rings. The van der Waals surface area contributed by atoms with E-state index in [2.05, 4.69) is 11.9 Å². The van der Waals surface area contributed by atoms with Crippen LogP contribution in [0.25, 0.3) is 0 Å². The Bertz CT molecular complexity index is 508. The number of amides is 1. The minimum Gasteiger partial charge on any atom is -0.395 e. The van der Waals surface area contributed by atoms with Crippen LogP contribution in [-0.4, -0.2) is 36.1 Å². The molecule has 4 nitrogen and oxygen atoms in total. The largest absolute Gasteiger partial charge is 0.395 e. The monoisotopic (exact) mass is 314 g/mol. The van der Waals surface area contributed by atoms with Crippen LogP contribution in [0.1, 0.15) is 18.4 Å². The molecule has 0 spiro atoms. The Balaban J connectivity index is 2.69. The van der Waals surface area contributed by atoms with Crippen LogP contribution in [0, 0.1) is 5.82 Å². The Hall–Kier alpha value is -1.59. The van der Waals surface area contributed by atoms with Crippen LogP contribution in [0.3, 0.4) is 0 Å². The zero-order valence-electron chi connectivity index (χ0n) is 12.0. The van der Waals surface area contributed by atoms with E-state index in [1.54, 1.807) is 13.1 Å². The van der Waals surface area contributed by atoms with Gasteiger partial charge in [-0.2, -0.15) is 0 Å². The SMILES string of the molecule is C=C(CCC(=O)N(CCO)Cc1ccc(Cl)c(F)c1)NC. The van der Waals surface area contributed by atoms with Crippen molar-refractivity contribution >= 4 is 17.5 Å². The highest BCUT2D eigenvalue weighted by Gasteiger charge is 2.14. The maximum Gasteiger partial charge on any atom is 0.223 e. The van der Waals surface area contributed by atoms with Crippen molar-refractivity contribution in [3.05, 3.63) is 46.9 Å². The van der Waals surface area contributed by atoms with E-state index in [1.807, 2.05) is 0 Å². The lowest BCUT2D eigenvalue weighted by molar-refractivity contribution is -0.132. The van der Waals surface area contributed by atoms with Gasteiger partial charge in [-0.25, -0.2) is 4.39 Å². The fraction of sp³-hybridized carbons (Fsp3) is 0.400. The molecule has 0 saturated heterocycles. The zero-order chi connectivity index (χ0) is 15.8. The van der Waals surface area contributed by atoms with Crippen molar-refractivity contribution in [2.24, 2.45) is 0 Å². The van der Waals surface area contributed by atoms with Gasteiger partial charge in [0.2, 0.25) is 5.91 Å². The first-order chi connectivity index (χ1) is 9.97. The number of hydrogen-bond acceptors (Lipinski definition) is 3. The van der Waals surface area contributed by atoms with E-state index in [0.717, 1.165) is 5.70 Å². The van der Waals surface area contributed by atoms with Gasteiger partial charge in [0.25, 0.3) is 0 Å². The fourth-order valence-electron chi connectivity index (χ4n) is 1.81. The third-order valence-corrected chi connectivity index (χ3v) is 3.38. The number of aliphatic hydroxyl groups excluding tert-OH is 1. The number of carbonyl (C=O) groups is 1. The third-order valence-electron chi connectivity index (χ3n) is 3.07. The number of rotatable bonds is 8. The molecular weight excluding hydrogens is 295 g/mol. The molecule has 0 heterocycles. The van der Waals surface area contributed by atoms with Gasteiger partial charge in [0.15, 0.2) is 0 Å². The molecule has 0 saturated carbocycles. The fourth-order valence-corrected chi connectivity index (χ4v) is 1.93. The van der Waals surface area contributed by atoms with Crippen LogP contribution < -0.4 is 5.32 Å². The smallest absolute Gasteiger partial charge is 0.223 e. The first-order valence-corrected chi connectivity index (χ1v) is 7.03. The van der Waals surface area contributed by atoms with E-state index >= 15 is 0 Å². The molecule has 6 heteroatoms. The molecule has 0 aliphatic heterocycles. The Morgan fingerprint density at radius 2 is 2.19 bits per heavy atom. The van der Waals surface area contributed by atoms with Crippen LogP contribution in [0.5, 0.6) is 0 Å². The number of hydrogen-bond donors (Lipinski definition) is 2. The lowest BCUT2D eigenvalue weighted by Gasteiger charge is -2.22. The Morgan fingerprint density at radius 3 is 2.76 bits per heavy atom. The van der Waals surface area contributed by atoms with E-state index in [1.165, 1.54) is 17.0 Å². The van der Waals surface area contributed by atoms with E-state index in [4.69, 9.17) is 16.7 Å². The van der Waals surface area contributed by atoms with E-state index in [9.17, 15) is 9.18 Å². The van der Waals surface area contributed by atoms with Gasteiger partial charge >= 0.3 is 0 Å². The number of nitrogens with zero attached hydrogens (tertiary/aromatic N) is 1. The quantitative estimate of drug-likeness (QED) is 0.774. The molecule has 0 unspecified atom stereocenters. The van der Waals surface area contributed by atoms with Crippen molar-refractivity contribution in [2.75, 3.05) is 20.2 Å². The number of nitrogens with one attached hydrogen (secondary N) is 1. The average molecular weight is 315 g/mol. The first kappa shape index (κ1) is 17.5. The molecular formula is C15H20ClFN2O2. The predicted octanol–water partition coefficient (Wildman–Crippen LogP) is 2.31. The number of allylic oxidation sites excluding steroid dienone is 1. The normalized spacial score (nSPS) is 10.3. The Morgan fingerprint density at radius 1 is 1.48 bits per heavy atom. The minimum absolute atomic E-state index is 0.0455. The second kappa shape index (κ2) is 8.64. The molecule has 116 valence electrons. The van der Waals surface area contributed by atoms with Crippen molar-refractivity contribution in [1.82, 2.24) is 10.2 Å². The van der Waals surface area contributed by atoms with Crippen LogP contribution in [0.15, 0.2) is 30.5 Å². The van der Waals surface area contributed by atoms with Crippen LogP contribution in [-0.2, 0) is 11.3 Å². The summed E-state index contributed by atoms with van der Waals surface area (Å²) in [6.45, 7) is 4.06. The molecule has 0 aromatic heterocycles. The molecule has 1 amide bonds. The summed E-state index contributed by atoms with van der Waals surface area (Å²) in [5, 5.41) is 12.0. The summed E-state index contributed by atoms with van der Waals surface area (Å²) in [6.07, 6.45) is 0.808. The van der Waals surface area contributed by atoms with Gasteiger partial charge < -0.3 is 15.3 Å². The molecule has 0 fully saturated rings. The molecule has 0 aliphatic carbocycles. The van der Waals surface area contributed by atoms with Crippen molar-refractivity contribution in [2.45, 2.75) is 19.4 Å². The number of carbonyl (C=O) groups excluding carboxylic acids is 1. The summed E-state index contributed by atoms with van der Waals surface area (Å²) in [5.74, 6) is -0.634. The molecule has 1 aromatic rings. The standard InChI is InChI=1S/C15H20ClFN2O2/c1-11(18-2)3-6-15(21)19(7-8-20)10-12-4-5-13(16)14(17)9-12/h4-5,9,18,20H,1,3,6-8,10H2,2H3. The Labute approximate surface area is 129 Å². The number of halogens is 2. The van der Waals surface area contributed by atoms with Crippen molar-refractivity contribution in [3.63, 3.8) is 0 Å². The summed E-state index contributed by atoms with van der Waals surface area (Å²) >= 11 is 5.63. The van der Waals surface area contributed by atoms with E-state index < -0.39 is 5.82 Å². The molecule has 0 bridgehead atoms. The van der Waals surface area contributed by atoms with Crippen LogP contribution in [0.2, 0.25) is 5.02 Å². The summed E-state index contributed by atoms with van der Waals surface area (Å²) in [6, 6.07) is 4.42. The van der Waals surface area contributed by atoms with Crippen molar-refractivity contribution in [1.29, 1.82) is 0 Å². The van der Waals surface area contributed by atoms with Gasteiger partial charge in [0.1, 0.15) is 5.82 Å². The molecule has 0 radical (unpaired) electrons. The second-order valence-corrected chi connectivity index (χ2v) is 5.05. The van der Waals surface area contributed by atoms with Crippen molar-refractivity contribution in [3.8, 4) is 0 Å². The lowest BCUT2D eigenvalue weighted by atomic mass is 10.1. The molecule has 0 atom stereocenters. The predicted molar refractivity (Wildman–Crippen MR) is 81.3 cm³/mol. The zero-order valence-corrected chi connectivity index (χ0v) is 12.8. The maximum atomic E-state index is 13.4. The van der Waals surface area contributed by atoms with Crippen LogP contribution >= 0.6 is 11.6 Å². The summed E-state index contributed by atoms with van der Waals surface area (Å²) in [5.41, 5.74) is 1.40. The molecule has 2 N–H and O–H groups in total. The topological polar surface area (TPSA) is 52.6 Å². The van der Waals surface area contributed by atoms with E-state index in [0.29, 0.717) is 12.0 Å². The van der Waals surface area contributed by atoms with Gasteiger partial charge in [-0.1, -0.05) is 24.2 Å². The lowest BCUT2D eigenvalue weighted by Crippen LogP contribution is -2.33. The number of aliphatic hydroxyl groups is 1. The second-order valence-electron chi connectivity index (χ2n) is 4.64. The average Bonchev–Trinajstić information content (AvgIpc) is 2.47. The van der Waals surface area contributed by atoms with Gasteiger partial charge in [-0.3, -0.25) is 4.79 Å². The highest BCUT2D eigenvalue weighted by molar-refractivity contribution is 6.30. The van der Waals surface area contributed by atoms with Gasteiger partial charge in [-0.15, -0.1) is 0 Å². The maximum absolute atomic E-state index is 13.4. The van der Waals surface area contributed by atoms with E-state index in [-0.39, 0.29) is 37.0 Å². The molecule has 1 rings (SSSR count). The highest BCUT2D eigenvalue weighted by atomic mass is 35.5. The number of benzene rings is 1. The van der Waals surface area contributed by atoms with Gasteiger partial charge in [0.05, 0.1) is 11.6 Å². The third kappa shape index (κ3) is 5.73. The summed E-state index contributed by atoms with van der Waals surface area (Å²) < 4.78 is 13.4. The molecule has 21 heavy (non-hydrogen) atoms. The van der Waals surface area contributed by atoms with Gasteiger partial charge in [-0.05, 0) is 24.1 Å². The van der Waals surface area contributed by atoms with Gasteiger partial charge in [0, 0.05) is 32.3 Å². The molecule has 1 aromatic carbocycles.